The zero-order chi connectivity index (χ0) is 19.7. The Balaban J connectivity index is 1.34. The Labute approximate surface area is 163 Å². The standard InChI is InChI=1S/C20H25N5O3/c1-15-2-7-21-12-16(15)13-23-9-4-20(14-23)5-10-24(11-6-20)19(28)25-8-3-17(22-25)18(26)27/h2-3,7-8,12H,4-6,9-11,13-14H2,1H3,(H,26,27). The predicted molar refractivity (Wildman–Crippen MR) is 102 cm³/mol. The summed E-state index contributed by atoms with van der Waals surface area (Å²) in [6, 6.07) is 3.15. The van der Waals surface area contributed by atoms with E-state index in [1.165, 1.54) is 23.4 Å². The van der Waals surface area contributed by atoms with E-state index in [1.807, 2.05) is 12.4 Å². The van der Waals surface area contributed by atoms with Crippen molar-refractivity contribution in [1.82, 2.24) is 24.6 Å². The van der Waals surface area contributed by atoms with Crippen LogP contribution in [0.2, 0.25) is 0 Å². The molecule has 148 valence electrons. The van der Waals surface area contributed by atoms with Crippen LogP contribution in [0, 0.1) is 12.3 Å². The van der Waals surface area contributed by atoms with Crippen molar-refractivity contribution >= 4 is 12.0 Å². The lowest BCUT2D eigenvalue weighted by Crippen LogP contribution is -2.45. The minimum Gasteiger partial charge on any atom is -0.476 e. The summed E-state index contributed by atoms with van der Waals surface area (Å²) in [6.45, 7) is 6.53. The summed E-state index contributed by atoms with van der Waals surface area (Å²) in [4.78, 5) is 32.1. The molecule has 2 aliphatic rings. The molecule has 0 radical (unpaired) electrons. The van der Waals surface area contributed by atoms with Gasteiger partial charge >= 0.3 is 12.0 Å². The Morgan fingerprint density at radius 3 is 2.61 bits per heavy atom. The van der Waals surface area contributed by atoms with E-state index in [0.29, 0.717) is 13.1 Å². The molecule has 8 heteroatoms. The average Bonchev–Trinajstić information content (AvgIpc) is 3.32. The summed E-state index contributed by atoms with van der Waals surface area (Å²) in [5.41, 5.74) is 2.71. The zero-order valence-electron chi connectivity index (χ0n) is 16.0. The summed E-state index contributed by atoms with van der Waals surface area (Å²) >= 11 is 0. The molecule has 4 heterocycles. The lowest BCUT2D eigenvalue weighted by Gasteiger charge is -2.39. The highest BCUT2D eigenvalue weighted by Crippen LogP contribution is 2.41. The van der Waals surface area contributed by atoms with Gasteiger partial charge in [0.25, 0.3) is 0 Å². The van der Waals surface area contributed by atoms with E-state index in [-0.39, 0.29) is 17.1 Å². The van der Waals surface area contributed by atoms with Crippen molar-refractivity contribution in [1.29, 1.82) is 0 Å². The van der Waals surface area contributed by atoms with Crippen LogP contribution in [0.15, 0.2) is 30.7 Å². The molecule has 1 amide bonds. The number of likely N-dealkylation sites (tertiary alicyclic amines) is 2. The van der Waals surface area contributed by atoms with E-state index in [1.54, 1.807) is 4.90 Å². The minimum atomic E-state index is -1.13. The first-order valence-corrected chi connectivity index (χ1v) is 9.66. The fourth-order valence-corrected chi connectivity index (χ4v) is 4.34. The number of carbonyl (C=O) groups is 2. The molecule has 1 N–H and O–H groups in total. The van der Waals surface area contributed by atoms with Crippen LogP contribution < -0.4 is 0 Å². The number of hydrogen-bond acceptors (Lipinski definition) is 5. The van der Waals surface area contributed by atoms with E-state index in [9.17, 15) is 9.59 Å². The zero-order valence-corrected chi connectivity index (χ0v) is 16.0. The maximum atomic E-state index is 12.6. The van der Waals surface area contributed by atoms with Gasteiger partial charge in [0, 0.05) is 44.8 Å². The van der Waals surface area contributed by atoms with Gasteiger partial charge in [0.1, 0.15) is 0 Å². The average molecular weight is 383 g/mol. The molecule has 0 aliphatic carbocycles. The third kappa shape index (κ3) is 3.64. The van der Waals surface area contributed by atoms with Crippen LogP contribution >= 0.6 is 0 Å². The number of nitrogens with zero attached hydrogens (tertiary/aromatic N) is 5. The number of piperidine rings is 1. The van der Waals surface area contributed by atoms with Crippen molar-refractivity contribution in [2.24, 2.45) is 5.41 Å². The number of carbonyl (C=O) groups excluding carboxylic acids is 1. The number of carboxylic acids is 1. The van der Waals surface area contributed by atoms with E-state index >= 15 is 0 Å². The lowest BCUT2D eigenvalue weighted by atomic mass is 9.78. The maximum absolute atomic E-state index is 12.6. The van der Waals surface area contributed by atoms with Crippen molar-refractivity contribution in [2.45, 2.75) is 32.7 Å². The predicted octanol–water partition coefficient (Wildman–Crippen LogP) is 2.24. The normalized spacial score (nSPS) is 19.2. The van der Waals surface area contributed by atoms with E-state index in [0.717, 1.165) is 43.6 Å². The first kappa shape index (κ1) is 18.6. The highest BCUT2D eigenvalue weighted by Gasteiger charge is 2.41. The van der Waals surface area contributed by atoms with Crippen molar-refractivity contribution in [3.8, 4) is 0 Å². The molecule has 8 nitrogen and oxygen atoms in total. The molecule has 1 spiro atoms. The Hall–Kier alpha value is -2.74. The molecular weight excluding hydrogens is 358 g/mol. The second-order valence-corrected chi connectivity index (χ2v) is 7.98. The molecule has 4 rings (SSSR count). The van der Waals surface area contributed by atoms with Gasteiger partial charge in [-0.3, -0.25) is 9.88 Å². The third-order valence-electron chi connectivity index (χ3n) is 6.16. The molecular formula is C20H25N5O3. The van der Waals surface area contributed by atoms with Crippen LogP contribution in [-0.4, -0.2) is 67.9 Å². The number of rotatable bonds is 3. The molecule has 2 aliphatic heterocycles. The maximum Gasteiger partial charge on any atom is 0.356 e. The number of aryl methyl sites for hydroxylation is 1. The molecule has 2 aromatic heterocycles. The van der Waals surface area contributed by atoms with Crippen molar-refractivity contribution < 1.29 is 14.7 Å². The second kappa shape index (κ2) is 7.35. The summed E-state index contributed by atoms with van der Waals surface area (Å²) in [7, 11) is 0. The van der Waals surface area contributed by atoms with Crippen LogP contribution in [0.1, 0.15) is 40.9 Å². The van der Waals surface area contributed by atoms with Crippen LogP contribution in [0.5, 0.6) is 0 Å². The SMILES string of the molecule is Cc1ccncc1CN1CCC2(CCN(C(=O)n3ccc(C(=O)O)n3)CC2)C1. The van der Waals surface area contributed by atoms with Crippen LogP contribution in [0.4, 0.5) is 4.79 Å². The van der Waals surface area contributed by atoms with Gasteiger partial charge < -0.3 is 10.0 Å². The van der Waals surface area contributed by atoms with Gasteiger partial charge in [-0.15, -0.1) is 0 Å². The smallest absolute Gasteiger partial charge is 0.356 e. The monoisotopic (exact) mass is 383 g/mol. The first-order valence-electron chi connectivity index (χ1n) is 9.66. The summed E-state index contributed by atoms with van der Waals surface area (Å²) in [5, 5.41) is 12.8. The number of aromatic nitrogens is 3. The number of carboxylic acid groups (broad SMARTS) is 1. The van der Waals surface area contributed by atoms with Gasteiger partial charge in [-0.2, -0.15) is 9.78 Å². The largest absolute Gasteiger partial charge is 0.476 e. The number of pyridine rings is 1. The van der Waals surface area contributed by atoms with Crippen molar-refractivity contribution in [3.05, 3.63) is 47.5 Å². The number of aromatic carboxylic acids is 1. The van der Waals surface area contributed by atoms with Gasteiger partial charge in [0.05, 0.1) is 0 Å². The topological polar surface area (TPSA) is 91.6 Å². The molecule has 0 aromatic carbocycles. The van der Waals surface area contributed by atoms with Gasteiger partial charge in [0.2, 0.25) is 0 Å². The van der Waals surface area contributed by atoms with Crippen LogP contribution in [-0.2, 0) is 6.54 Å². The van der Waals surface area contributed by atoms with Crippen molar-refractivity contribution in [2.75, 3.05) is 26.2 Å². The summed E-state index contributed by atoms with van der Waals surface area (Å²) in [6.07, 6.45) is 8.29. The third-order valence-corrected chi connectivity index (χ3v) is 6.16. The lowest BCUT2D eigenvalue weighted by molar-refractivity contribution is 0.0689. The quantitative estimate of drug-likeness (QED) is 0.874. The summed E-state index contributed by atoms with van der Waals surface area (Å²) < 4.78 is 1.13. The fraction of sp³-hybridized carbons (Fsp3) is 0.500. The molecule has 0 bridgehead atoms. The molecule has 28 heavy (non-hydrogen) atoms. The highest BCUT2D eigenvalue weighted by atomic mass is 16.4. The van der Waals surface area contributed by atoms with Gasteiger partial charge in [-0.05, 0) is 61.4 Å². The first-order chi connectivity index (χ1) is 13.5. The molecule has 0 atom stereocenters. The molecule has 2 aromatic rings. The van der Waals surface area contributed by atoms with Gasteiger partial charge in [-0.1, -0.05) is 0 Å². The van der Waals surface area contributed by atoms with E-state index in [2.05, 4.69) is 28.0 Å². The van der Waals surface area contributed by atoms with Crippen LogP contribution in [0.3, 0.4) is 0 Å². The van der Waals surface area contributed by atoms with E-state index < -0.39 is 5.97 Å². The number of amides is 1. The number of hydrogen-bond donors (Lipinski definition) is 1. The second-order valence-electron chi connectivity index (χ2n) is 7.98. The van der Waals surface area contributed by atoms with Gasteiger partial charge in [0.15, 0.2) is 5.69 Å². The highest BCUT2D eigenvalue weighted by molar-refractivity contribution is 5.86. The Bertz CT molecular complexity index is 885. The fourth-order valence-electron chi connectivity index (χ4n) is 4.34. The minimum absolute atomic E-state index is 0.112. The summed E-state index contributed by atoms with van der Waals surface area (Å²) in [5.74, 6) is -1.13. The molecule has 0 saturated carbocycles. The van der Waals surface area contributed by atoms with E-state index in [4.69, 9.17) is 5.11 Å². The molecule has 2 fully saturated rings. The van der Waals surface area contributed by atoms with Crippen LogP contribution in [0.25, 0.3) is 0 Å². The Morgan fingerprint density at radius 1 is 1.18 bits per heavy atom. The Morgan fingerprint density at radius 2 is 1.93 bits per heavy atom. The molecule has 2 saturated heterocycles. The van der Waals surface area contributed by atoms with Gasteiger partial charge in [-0.25, -0.2) is 9.59 Å². The Kier molecular flexibility index (Phi) is 4.89. The van der Waals surface area contributed by atoms with Crippen molar-refractivity contribution in [3.63, 3.8) is 0 Å². The molecule has 0 unspecified atom stereocenters.